The number of amides is 2. The number of carbonyl (C=O) groups is 3. The molecule has 0 saturated heterocycles. The number of fused-ring (bicyclic) bond motifs is 4. The van der Waals surface area contributed by atoms with Crippen molar-refractivity contribution < 1.29 is 24.2 Å². The number of ether oxygens (including phenoxy) is 1. The Morgan fingerprint density at radius 2 is 1.64 bits per heavy atom. The van der Waals surface area contributed by atoms with Crippen molar-refractivity contribution in [1.29, 1.82) is 0 Å². The van der Waals surface area contributed by atoms with Gasteiger partial charge in [0.1, 0.15) is 12.1 Å². The van der Waals surface area contributed by atoms with Crippen molar-refractivity contribution in [3.8, 4) is 11.1 Å². The summed E-state index contributed by atoms with van der Waals surface area (Å²) in [5.41, 5.74) is 2.69. The van der Waals surface area contributed by atoms with Crippen LogP contribution >= 0.6 is 0 Å². The van der Waals surface area contributed by atoms with Crippen LogP contribution in [0.5, 0.6) is 0 Å². The zero-order valence-electron chi connectivity index (χ0n) is 18.8. The molecule has 2 fully saturated rings. The molecule has 0 heterocycles. The first-order valence-electron chi connectivity index (χ1n) is 11.4. The lowest BCUT2D eigenvalue weighted by Gasteiger charge is -2.27. The number of hydrogen-bond donors (Lipinski definition) is 3. The van der Waals surface area contributed by atoms with E-state index in [4.69, 9.17) is 4.74 Å². The minimum atomic E-state index is -1.19. The van der Waals surface area contributed by atoms with Crippen LogP contribution in [0.25, 0.3) is 11.1 Å². The van der Waals surface area contributed by atoms with Crippen LogP contribution in [0.3, 0.4) is 0 Å². The number of alkyl carbamates (subject to hydrolysis) is 1. The van der Waals surface area contributed by atoms with Crippen LogP contribution < -0.4 is 10.6 Å². The molecule has 2 aromatic rings. The molecule has 33 heavy (non-hydrogen) atoms. The zero-order chi connectivity index (χ0) is 23.4. The second-order valence-corrected chi connectivity index (χ2v) is 10.0. The molecule has 5 rings (SSSR count). The third-order valence-corrected chi connectivity index (χ3v) is 7.50. The van der Waals surface area contributed by atoms with Crippen molar-refractivity contribution >= 4 is 18.0 Å². The van der Waals surface area contributed by atoms with E-state index in [2.05, 4.69) is 34.9 Å². The van der Waals surface area contributed by atoms with Gasteiger partial charge in [0.15, 0.2) is 0 Å². The number of aliphatic carboxylic acids is 1. The number of hydrogen-bond acceptors (Lipinski definition) is 4. The maximum atomic E-state index is 12.8. The van der Waals surface area contributed by atoms with Crippen molar-refractivity contribution in [2.24, 2.45) is 11.3 Å². The molecule has 0 spiro atoms. The van der Waals surface area contributed by atoms with Crippen molar-refractivity contribution in [3.05, 3.63) is 59.7 Å². The van der Waals surface area contributed by atoms with E-state index in [1.807, 2.05) is 24.3 Å². The fourth-order valence-electron chi connectivity index (χ4n) is 5.58. The Hall–Kier alpha value is -3.35. The molecule has 3 aliphatic carbocycles. The van der Waals surface area contributed by atoms with Gasteiger partial charge in [-0.3, -0.25) is 9.59 Å². The molecule has 3 aliphatic rings. The summed E-state index contributed by atoms with van der Waals surface area (Å²) in [5.74, 6) is -1.04. The van der Waals surface area contributed by atoms with Crippen LogP contribution in [0.1, 0.15) is 50.2 Å². The third kappa shape index (κ3) is 3.65. The van der Waals surface area contributed by atoms with E-state index in [-0.39, 0.29) is 30.4 Å². The smallest absolute Gasteiger partial charge is 0.408 e. The second kappa shape index (κ2) is 7.61. The minimum Gasteiger partial charge on any atom is -0.481 e. The van der Waals surface area contributed by atoms with E-state index in [1.165, 1.54) is 0 Å². The average Bonchev–Trinajstić information content (AvgIpc) is 3.21. The predicted octanol–water partition coefficient (Wildman–Crippen LogP) is 3.67. The Kier molecular flexibility index (Phi) is 4.96. The number of rotatable bonds is 6. The minimum absolute atomic E-state index is 0.0579. The van der Waals surface area contributed by atoms with E-state index >= 15 is 0 Å². The summed E-state index contributed by atoms with van der Waals surface area (Å²) in [5, 5.41) is 15.0. The molecular formula is C26H28N2O5. The van der Waals surface area contributed by atoms with Gasteiger partial charge in [0.2, 0.25) is 5.91 Å². The summed E-state index contributed by atoms with van der Waals surface area (Å²) in [6, 6.07) is 16.0. The monoisotopic (exact) mass is 448 g/mol. The normalized spacial score (nSPS) is 24.9. The van der Waals surface area contributed by atoms with Gasteiger partial charge in [-0.05, 0) is 61.3 Å². The average molecular weight is 449 g/mol. The van der Waals surface area contributed by atoms with Crippen LogP contribution in [-0.4, -0.2) is 41.3 Å². The van der Waals surface area contributed by atoms with Crippen molar-refractivity contribution in [2.75, 3.05) is 6.61 Å². The first-order valence-corrected chi connectivity index (χ1v) is 11.4. The SMILES string of the molecule is CC(C)(NC(=O)OCC1c2ccccc2-c2ccccc21)C(=O)N[C@@H]1C[C@H]2C[C@@]2(C(=O)O)C1. The van der Waals surface area contributed by atoms with Crippen LogP contribution in [0.2, 0.25) is 0 Å². The van der Waals surface area contributed by atoms with Gasteiger partial charge in [-0.25, -0.2) is 4.79 Å². The fraction of sp³-hybridized carbons (Fsp3) is 0.423. The summed E-state index contributed by atoms with van der Waals surface area (Å²) < 4.78 is 5.56. The summed E-state index contributed by atoms with van der Waals surface area (Å²) in [6.45, 7) is 3.40. The van der Waals surface area contributed by atoms with Crippen molar-refractivity contribution in [1.82, 2.24) is 10.6 Å². The summed E-state index contributed by atoms with van der Waals surface area (Å²) in [4.78, 5) is 36.9. The van der Waals surface area contributed by atoms with E-state index in [9.17, 15) is 19.5 Å². The highest BCUT2D eigenvalue weighted by atomic mass is 16.5. The first kappa shape index (κ1) is 21.5. The lowest BCUT2D eigenvalue weighted by molar-refractivity contribution is -0.144. The Morgan fingerprint density at radius 3 is 2.21 bits per heavy atom. The van der Waals surface area contributed by atoms with Crippen LogP contribution in [0.15, 0.2) is 48.5 Å². The lowest BCUT2D eigenvalue weighted by atomic mass is 9.98. The Morgan fingerprint density at radius 1 is 1.03 bits per heavy atom. The Bertz CT molecular complexity index is 1100. The van der Waals surface area contributed by atoms with Gasteiger partial charge >= 0.3 is 12.1 Å². The van der Waals surface area contributed by atoms with E-state index in [0.29, 0.717) is 19.3 Å². The quantitative estimate of drug-likeness (QED) is 0.625. The van der Waals surface area contributed by atoms with Crippen LogP contribution in [0, 0.1) is 11.3 Å². The number of carbonyl (C=O) groups excluding carboxylic acids is 2. The number of carboxylic acids is 1. The van der Waals surface area contributed by atoms with E-state index in [1.54, 1.807) is 13.8 Å². The molecule has 3 atom stereocenters. The topological polar surface area (TPSA) is 105 Å². The molecule has 3 N–H and O–H groups in total. The highest BCUT2D eigenvalue weighted by Crippen LogP contribution is 2.63. The zero-order valence-corrected chi connectivity index (χ0v) is 18.8. The highest BCUT2D eigenvalue weighted by molar-refractivity contribution is 5.89. The van der Waals surface area contributed by atoms with Gasteiger partial charge < -0.3 is 20.5 Å². The molecule has 0 bridgehead atoms. The van der Waals surface area contributed by atoms with Crippen LogP contribution in [-0.2, 0) is 14.3 Å². The first-order chi connectivity index (χ1) is 15.7. The molecule has 0 unspecified atom stereocenters. The van der Waals surface area contributed by atoms with Crippen molar-refractivity contribution in [2.45, 2.75) is 50.6 Å². The Labute approximate surface area is 192 Å². The maximum absolute atomic E-state index is 12.8. The summed E-state index contributed by atoms with van der Waals surface area (Å²) in [7, 11) is 0. The Balaban J connectivity index is 1.18. The van der Waals surface area contributed by atoms with E-state index in [0.717, 1.165) is 22.3 Å². The van der Waals surface area contributed by atoms with Crippen LogP contribution in [0.4, 0.5) is 4.79 Å². The van der Waals surface area contributed by atoms with Gasteiger partial charge in [-0.1, -0.05) is 48.5 Å². The summed E-state index contributed by atoms with van der Waals surface area (Å²) >= 11 is 0. The third-order valence-electron chi connectivity index (χ3n) is 7.50. The molecular weight excluding hydrogens is 420 g/mol. The molecule has 0 radical (unpaired) electrons. The van der Waals surface area contributed by atoms with Gasteiger partial charge in [-0.2, -0.15) is 0 Å². The molecule has 7 heteroatoms. The maximum Gasteiger partial charge on any atom is 0.408 e. The predicted molar refractivity (Wildman–Crippen MR) is 122 cm³/mol. The van der Waals surface area contributed by atoms with Gasteiger partial charge in [0.25, 0.3) is 0 Å². The summed E-state index contributed by atoms with van der Waals surface area (Å²) in [6.07, 6.45) is 1.14. The fourth-order valence-corrected chi connectivity index (χ4v) is 5.58. The molecule has 0 aliphatic heterocycles. The highest BCUT2D eigenvalue weighted by Gasteiger charge is 2.65. The molecule has 7 nitrogen and oxygen atoms in total. The van der Waals surface area contributed by atoms with Gasteiger partial charge in [0.05, 0.1) is 5.41 Å². The van der Waals surface area contributed by atoms with Gasteiger partial charge in [-0.15, -0.1) is 0 Å². The van der Waals surface area contributed by atoms with Crippen molar-refractivity contribution in [3.63, 3.8) is 0 Å². The molecule has 2 aromatic carbocycles. The van der Waals surface area contributed by atoms with E-state index < -0.39 is 23.0 Å². The largest absolute Gasteiger partial charge is 0.481 e. The molecule has 0 aromatic heterocycles. The molecule has 2 amide bonds. The lowest BCUT2D eigenvalue weighted by Crippen LogP contribution is -2.56. The number of nitrogens with one attached hydrogen (secondary N) is 2. The number of benzene rings is 2. The second-order valence-electron chi connectivity index (χ2n) is 10.0. The molecule has 172 valence electrons. The number of carboxylic acid groups (broad SMARTS) is 1. The van der Waals surface area contributed by atoms with Gasteiger partial charge in [0, 0.05) is 12.0 Å². The molecule has 2 saturated carbocycles. The standard InChI is InChI=1S/C26H28N2O5/c1-25(2,22(29)27-16-11-15-12-26(15,13-16)23(30)31)28-24(32)33-14-21-19-9-5-3-7-17(19)18-8-4-6-10-20(18)21/h3-10,15-16,21H,11-14H2,1-2H3,(H,27,29)(H,28,32)(H,30,31)/t15-,16+,26+/m0/s1.